The number of hydrogen-bond acceptors (Lipinski definition) is 2. The van der Waals surface area contributed by atoms with Crippen molar-refractivity contribution < 1.29 is 17.9 Å². The smallest absolute Gasteiger partial charge is 0.416 e. The van der Waals surface area contributed by atoms with Crippen molar-refractivity contribution in [2.45, 2.75) is 51.6 Å². The number of rotatable bonds is 8. The van der Waals surface area contributed by atoms with Crippen molar-refractivity contribution in [1.82, 2.24) is 0 Å². The molecule has 0 radical (unpaired) electrons. The SMILES string of the molecule is CCCCCCCCOc1ccc(C(F)(F)F)cc1N. The number of hydrogen-bond donors (Lipinski definition) is 1. The van der Waals surface area contributed by atoms with Crippen LogP contribution >= 0.6 is 0 Å². The third-order valence-corrected chi connectivity index (χ3v) is 3.09. The molecule has 1 aromatic carbocycles. The molecule has 0 spiro atoms. The number of nitrogen functional groups attached to an aromatic ring is 1. The van der Waals surface area contributed by atoms with E-state index in [2.05, 4.69) is 6.92 Å². The number of nitrogens with two attached hydrogens (primary N) is 1. The van der Waals surface area contributed by atoms with E-state index in [1.54, 1.807) is 0 Å². The predicted octanol–water partition coefficient (Wildman–Crippen LogP) is 5.03. The highest BCUT2D eigenvalue weighted by molar-refractivity contribution is 5.54. The van der Waals surface area contributed by atoms with Gasteiger partial charge in [0.2, 0.25) is 0 Å². The minimum Gasteiger partial charge on any atom is -0.491 e. The highest BCUT2D eigenvalue weighted by Crippen LogP contribution is 2.33. The number of alkyl halides is 3. The van der Waals surface area contributed by atoms with Crippen LogP contribution < -0.4 is 10.5 Å². The minimum absolute atomic E-state index is 0.0332. The van der Waals surface area contributed by atoms with Crippen molar-refractivity contribution in [2.24, 2.45) is 0 Å². The second-order valence-electron chi connectivity index (χ2n) is 4.87. The Morgan fingerprint density at radius 2 is 1.70 bits per heavy atom. The fourth-order valence-electron chi connectivity index (χ4n) is 1.92. The second kappa shape index (κ2) is 8.02. The van der Waals surface area contributed by atoms with E-state index in [4.69, 9.17) is 10.5 Å². The number of halogens is 3. The van der Waals surface area contributed by atoms with Crippen LogP contribution in [0.1, 0.15) is 51.0 Å². The molecule has 0 saturated heterocycles. The van der Waals surface area contributed by atoms with Crippen LogP contribution in [0.2, 0.25) is 0 Å². The largest absolute Gasteiger partial charge is 0.491 e. The van der Waals surface area contributed by atoms with E-state index in [0.717, 1.165) is 25.0 Å². The van der Waals surface area contributed by atoms with Crippen LogP contribution in [0.5, 0.6) is 5.75 Å². The van der Waals surface area contributed by atoms with Gasteiger partial charge in [0.25, 0.3) is 0 Å². The predicted molar refractivity (Wildman–Crippen MR) is 74.7 cm³/mol. The van der Waals surface area contributed by atoms with Crippen LogP contribution in [0.4, 0.5) is 18.9 Å². The molecule has 0 amide bonds. The first-order valence-electron chi connectivity index (χ1n) is 7.04. The van der Waals surface area contributed by atoms with Crippen LogP contribution in [0.25, 0.3) is 0 Å². The summed E-state index contributed by atoms with van der Waals surface area (Å²) in [6.07, 6.45) is 2.43. The molecule has 114 valence electrons. The first kappa shape index (κ1) is 16.7. The summed E-state index contributed by atoms with van der Waals surface area (Å²) in [5, 5.41) is 0. The summed E-state index contributed by atoms with van der Waals surface area (Å²) in [7, 11) is 0. The third kappa shape index (κ3) is 5.72. The monoisotopic (exact) mass is 289 g/mol. The van der Waals surface area contributed by atoms with Gasteiger partial charge < -0.3 is 10.5 Å². The van der Waals surface area contributed by atoms with Crippen molar-refractivity contribution in [3.63, 3.8) is 0 Å². The van der Waals surface area contributed by atoms with Gasteiger partial charge in [-0.3, -0.25) is 0 Å². The lowest BCUT2D eigenvalue weighted by Gasteiger charge is -2.12. The Labute approximate surface area is 118 Å². The quantitative estimate of drug-likeness (QED) is 0.538. The summed E-state index contributed by atoms with van der Waals surface area (Å²) in [4.78, 5) is 0. The molecule has 1 aromatic rings. The van der Waals surface area contributed by atoms with E-state index in [9.17, 15) is 13.2 Å². The maximum absolute atomic E-state index is 12.5. The number of benzene rings is 1. The molecule has 1 rings (SSSR count). The van der Waals surface area contributed by atoms with Crippen molar-refractivity contribution in [3.05, 3.63) is 23.8 Å². The number of anilines is 1. The molecule has 0 bridgehead atoms. The van der Waals surface area contributed by atoms with Gasteiger partial charge in [-0.25, -0.2) is 0 Å². The summed E-state index contributed by atoms with van der Waals surface area (Å²) >= 11 is 0. The number of ether oxygens (including phenoxy) is 1. The van der Waals surface area contributed by atoms with Gasteiger partial charge in [-0.05, 0) is 24.6 Å². The fraction of sp³-hybridized carbons (Fsp3) is 0.600. The zero-order chi connectivity index (χ0) is 15.0. The molecular formula is C15H22F3NO. The first-order chi connectivity index (χ1) is 9.45. The Bertz CT molecular complexity index is 405. The Morgan fingerprint density at radius 3 is 2.30 bits per heavy atom. The van der Waals surface area contributed by atoms with Crippen LogP contribution in [0.15, 0.2) is 18.2 Å². The summed E-state index contributed by atoms with van der Waals surface area (Å²) in [6, 6.07) is 3.19. The van der Waals surface area contributed by atoms with Crippen LogP contribution in [0, 0.1) is 0 Å². The zero-order valence-corrected chi connectivity index (χ0v) is 11.8. The number of unbranched alkanes of at least 4 members (excludes halogenated alkanes) is 5. The fourth-order valence-corrected chi connectivity index (χ4v) is 1.92. The van der Waals surface area contributed by atoms with E-state index >= 15 is 0 Å². The van der Waals surface area contributed by atoms with Gasteiger partial charge in [-0.1, -0.05) is 39.0 Å². The molecule has 5 heteroatoms. The minimum atomic E-state index is -4.37. The van der Waals surface area contributed by atoms with E-state index < -0.39 is 11.7 Å². The third-order valence-electron chi connectivity index (χ3n) is 3.09. The van der Waals surface area contributed by atoms with Gasteiger partial charge in [-0.2, -0.15) is 13.2 Å². The molecule has 0 aromatic heterocycles. The summed E-state index contributed by atoms with van der Waals surface area (Å²) in [6.45, 7) is 2.65. The normalized spacial score (nSPS) is 11.6. The Balaban J connectivity index is 2.34. The van der Waals surface area contributed by atoms with Crippen molar-refractivity contribution in [2.75, 3.05) is 12.3 Å². The molecule has 0 heterocycles. The molecule has 0 fully saturated rings. The summed E-state index contributed by atoms with van der Waals surface area (Å²) < 4.78 is 42.8. The van der Waals surface area contributed by atoms with E-state index in [-0.39, 0.29) is 5.69 Å². The van der Waals surface area contributed by atoms with Gasteiger partial charge in [-0.15, -0.1) is 0 Å². The zero-order valence-electron chi connectivity index (χ0n) is 11.8. The van der Waals surface area contributed by atoms with Crippen LogP contribution in [-0.4, -0.2) is 6.61 Å². The second-order valence-corrected chi connectivity index (χ2v) is 4.87. The van der Waals surface area contributed by atoms with Crippen LogP contribution in [0.3, 0.4) is 0 Å². The van der Waals surface area contributed by atoms with Crippen LogP contribution in [-0.2, 0) is 6.18 Å². The van der Waals surface area contributed by atoms with Gasteiger partial charge in [0.1, 0.15) is 5.75 Å². The molecule has 0 saturated carbocycles. The maximum atomic E-state index is 12.5. The molecule has 0 atom stereocenters. The summed E-state index contributed by atoms with van der Waals surface area (Å²) in [5.41, 5.74) is 4.86. The summed E-state index contributed by atoms with van der Waals surface area (Å²) in [5.74, 6) is 0.326. The van der Waals surface area contributed by atoms with E-state index in [0.29, 0.717) is 12.4 Å². The highest BCUT2D eigenvalue weighted by atomic mass is 19.4. The highest BCUT2D eigenvalue weighted by Gasteiger charge is 2.30. The first-order valence-corrected chi connectivity index (χ1v) is 7.04. The molecular weight excluding hydrogens is 267 g/mol. The molecule has 20 heavy (non-hydrogen) atoms. The molecule has 0 aliphatic carbocycles. The topological polar surface area (TPSA) is 35.2 Å². The van der Waals surface area contributed by atoms with Gasteiger partial charge in [0.05, 0.1) is 17.9 Å². The Morgan fingerprint density at radius 1 is 1.05 bits per heavy atom. The van der Waals surface area contributed by atoms with E-state index in [1.165, 1.54) is 31.7 Å². The molecule has 0 aliphatic heterocycles. The molecule has 2 N–H and O–H groups in total. The maximum Gasteiger partial charge on any atom is 0.416 e. The van der Waals surface area contributed by atoms with Gasteiger partial charge in [0.15, 0.2) is 0 Å². The standard InChI is InChI=1S/C15H22F3NO/c1-2-3-4-5-6-7-10-20-14-9-8-12(11-13(14)19)15(16,17)18/h8-9,11H,2-7,10,19H2,1H3. The molecule has 0 aliphatic rings. The Hall–Kier alpha value is -1.39. The van der Waals surface area contributed by atoms with E-state index in [1.807, 2.05) is 0 Å². The van der Waals surface area contributed by atoms with Gasteiger partial charge >= 0.3 is 6.18 Å². The van der Waals surface area contributed by atoms with Crippen molar-refractivity contribution in [3.8, 4) is 5.75 Å². The average Bonchev–Trinajstić information content (AvgIpc) is 2.38. The van der Waals surface area contributed by atoms with Crippen molar-refractivity contribution >= 4 is 5.69 Å². The lowest BCUT2D eigenvalue weighted by atomic mass is 10.1. The molecule has 0 unspecified atom stereocenters. The van der Waals surface area contributed by atoms with Gasteiger partial charge in [0, 0.05) is 0 Å². The Kier molecular flexibility index (Phi) is 6.68. The lowest BCUT2D eigenvalue weighted by Crippen LogP contribution is -2.07. The average molecular weight is 289 g/mol. The molecule has 2 nitrogen and oxygen atoms in total. The van der Waals surface area contributed by atoms with Crippen molar-refractivity contribution in [1.29, 1.82) is 0 Å². The lowest BCUT2D eigenvalue weighted by molar-refractivity contribution is -0.137.